The van der Waals surface area contributed by atoms with Crippen LogP contribution in [0.1, 0.15) is 15.4 Å². The molecule has 0 aliphatic heterocycles. The van der Waals surface area contributed by atoms with Crippen molar-refractivity contribution in [2.24, 2.45) is 0 Å². The highest BCUT2D eigenvalue weighted by atomic mass is 35.5. The van der Waals surface area contributed by atoms with Gasteiger partial charge in [0.05, 0.1) is 9.90 Å². The molecule has 0 bridgehead atoms. The SMILES string of the molecule is O=C(/C=C/c1ccc(-c2ccc(Cl)cc2Cl)o1)Nc1cccc(NC(=O)c2cccs2)c1. The summed E-state index contributed by atoms with van der Waals surface area (Å²) in [5.74, 6) is 0.533. The first-order valence-corrected chi connectivity index (χ1v) is 11.1. The van der Waals surface area contributed by atoms with Crippen LogP contribution in [0.25, 0.3) is 17.4 Å². The van der Waals surface area contributed by atoms with E-state index in [2.05, 4.69) is 10.6 Å². The Hall–Kier alpha value is -3.32. The minimum Gasteiger partial charge on any atom is -0.457 e. The molecule has 0 atom stereocenters. The number of halogens is 2. The van der Waals surface area contributed by atoms with Gasteiger partial charge in [0.1, 0.15) is 11.5 Å². The quantitative estimate of drug-likeness (QED) is 0.285. The van der Waals surface area contributed by atoms with Gasteiger partial charge in [-0.2, -0.15) is 0 Å². The second-order valence-electron chi connectivity index (χ2n) is 6.66. The molecule has 32 heavy (non-hydrogen) atoms. The minimum atomic E-state index is -0.339. The number of benzene rings is 2. The maximum atomic E-state index is 12.3. The van der Waals surface area contributed by atoms with Gasteiger partial charge in [-0.3, -0.25) is 9.59 Å². The third-order valence-corrected chi connectivity index (χ3v) is 5.77. The molecule has 4 rings (SSSR count). The standard InChI is InChI=1S/C24H16Cl2N2O3S/c25-15-6-9-19(20(26)13-15)21-10-7-18(31-21)8-11-23(29)27-16-3-1-4-17(14-16)28-24(30)22-5-2-12-32-22/h1-14H,(H,27,29)(H,28,30)/b11-8+. The number of hydrogen-bond donors (Lipinski definition) is 2. The van der Waals surface area contributed by atoms with Crippen LogP contribution in [0, 0.1) is 0 Å². The second kappa shape index (κ2) is 9.87. The van der Waals surface area contributed by atoms with Gasteiger partial charge in [-0.15, -0.1) is 11.3 Å². The molecule has 0 spiro atoms. The average Bonchev–Trinajstić information content (AvgIpc) is 3.45. The highest BCUT2D eigenvalue weighted by molar-refractivity contribution is 7.12. The lowest BCUT2D eigenvalue weighted by atomic mass is 10.2. The monoisotopic (exact) mass is 482 g/mol. The molecule has 2 aromatic heterocycles. The Morgan fingerprint density at radius 2 is 1.72 bits per heavy atom. The Morgan fingerprint density at radius 1 is 0.906 bits per heavy atom. The van der Waals surface area contributed by atoms with E-state index in [1.165, 1.54) is 17.4 Å². The van der Waals surface area contributed by atoms with Crippen LogP contribution in [0.15, 0.2) is 82.6 Å². The number of amides is 2. The van der Waals surface area contributed by atoms with E-state index in [1.54, 1.807) is 66.7 Å². The summed E-state index contributed by atoms with van der Waals surface area (Å²) in [6.07, 6.45) is 2.92. The average molecular weight is 483 g/mol. The van der Waals surface area contributed by atoms with Gasteiger partial charge in [-0.1, -0.05) is 35.3 Å². The van der Waals surface area contributed by atoms with Crippen LogP contribution in [-0.4, -0.2) is 11.8 Å². The predicted molar refractivity (Wildman–Crippen MR) is 131 cm³/mol. The summed E-state index contributed by atoms with van der Waals surface area (Å²) in [6.45, 7) is 0. The van der Waals surface area contributed by atoms with Crippen molar-refractivity contribution in [2.45, 2.75) is 0 Å². The number of carbonyl (C=O) groups is 2. The fourth-order valence-electron chi connectivity index (χ4n) is 2.89. The zero-order chi connectivity index (χ0) is 22.5. The van der Waals surface area contributed by atoms with E-state index in [1.807, 2.05) is 11.4 Å². The number of hydrogen-bond acceptors (Lipinski definition) is 4. The minimum absolute atomic E-state index is 0.196. The number of furan rings is 1. The maximum Gasteiger partial charge on any atom is 0.265 e. The van der Waals surface area contributed by atoms with Crippen LogP contribution in [0.3, 0.4) is 0 Å². The predicted octanol–water partition coefficient (Wildman–Crippen LogP) is 7.22. The first-order valence-electron chi connectivity index (χ1n) is 9.47. The van der Waals surface area contributed by atoms with Gasteiger partial charge in [-0.25, -0.2) is 0 Å². The molecule has 2 amide bonds. The molecular formula is C24H16Cl2N2O3S. The summed E-state index contributed by atoms with van der Waals surface area (Å²) in [5, 5.41) is 8.43. The van der Waals surface area contributed by atoms with Crippen molar-refractivity contribution < 1.29 is 14.0 Å². The fourth-order valence-corrected chi connectivity index (χ4v) is 4.01. The Bertz CT molecular complexity index is 1300. The normalized spacial score (nSPS) is 10.9. The Kier molecular flexibility index (Phi) is 6.75. The lowest BCUT2D eigenvalue weighted by Crippen LogP contribution is -2.11. The molecule has 4 aromatic rings. The van der Waals surface area contributed by atoms with E-state index in [9.17, 15) is 9.59 Å². The van der Waals surface area contributed by atoms with Crippen molar-refractivity contribution in [1.29, 1.82) is 0 Å². The van der Waals surface area contributed by atoms with Gasteiger partial charge in [0.15, 0.2) is 0 Å². The van der Waals surface area contributed by atoms with Gasteiger partial charge in [-0.05, 0) is 66.1 Å². The van der Waals surface area contributed by atoms with Crippen molar-refractivity contribution in [3.8, 4) is 11.3 Å². The van der Waals surface area contributed by atoms with Crippen molar-refractivity contribution in [3.05, 3.63) is 98.9 Å². The van der Waals surface area contributed by atoms with Gasteiger partial charge in [0.25, 0.3) is 5.91 Å². The van der Waals surface area contributed by atoms with E-state index < -0.39 is 0 Å². The summed E-state index contributed by atoms with van der Waals surface area (Å²) in [4.78, 5) is 25.1. The molecule has 0 saturated heterocycles. The Balaban J connectivity index is 1.39. The number of anilines is 2. The zero-order valence-corrected chi connectivity index (χ0v) is 18.8. The smallest absolute Gasteiger partial charge is 0.265 e. The molecule has 0 saturated carbocycles. The van der Waals surface area contributed by atoms with Crippen molar-refractivity contribution in [1.82, 2.24) is 0 Å². The summed E-state index contributed by atoms with van der Waals surface area (Å²) in [6, 6.07) is 19.1. The first-order chi connectivity index (χ1) is 15.5. The third-order valence-electron chi connectivity index (χ3n) is 4.36. The van der Waals surface area contributed by atoms with Crippen LogP contribution < -0.4 is 10.6 Å². The summed E-state index contributed by atoms with van der Waals surface area (Å²) < 4.78 is 5.75. The lowest BCUT2D eigenvalue weighted by Gasteiger charge is -2.07. The molecule has 0 radical (unpaired) electrons. The second-order valence-corrected chi connectivity index (χ2v) is 8.45. The molecule has 0 fully saturated rings. The number of thiophene rings is 1. The lowest BCUT2D eigenvalue weighted by molar-refractivity contribution is -0.111. The molecule has 2 N–H and O–H groups in total. The van der Waals surface area contributed by atoms with E-state index in [-0.39, 0.29) is 11.8 Å². The summed E-state index contributed by atoms with van der Waals surface area (Å²) in [5.41, 5.74) is 1.85. The van der Waals surface area contributed by atoms with Gasteiger partial charge >= 0.3 is 0 Å². The van der Waals surface area contributed by atoms with Crippen LogP contribution in [0.2, 0.25) is 10.0 Å². The van der Waals surface area contributed by atoms with Crippen molar-refractivity contribution in [3.63, 3.8) is 0 Å². The topological polar surface area (TPSA) is 71.3 Å². The van der Waals surface area contributed by atoms with E-state index in [0.717, 1.165) is 0 Å². The van der Waals surface area contributed by atoms with Crippen LogP contribution in [0.4, 0.5) is 11.4 Å². The molecule has 0 unspecified atom stereocenters. The zero-order valence-electron chi connectivity index (χ0n) is 16.5. The first kappa shape index (κ1) is 21.9. The van der Waals surface area contributed by atoms with Gasteiger partial charge in [0, 0.05) is 28.0 Å². The largest absolute Gasteiger partial charge is 0.457 e. The van der Waals surface area contributed by atoms with Crippen LogP contribution >= 0.6 is 34.5 Å². The number of rotatable bonds is 6. The number of carbonyl (C=O) groups excluding carboxylic acids is 2. The van der Waals surface area contributed by atoms with E-state index in [4.69, 9.17) is 27.6 Å². The van der Waals surface area contributed by atoms with E-state index in [0.29, 0.717) is 43.4 Å². The molecule has 8 heteroatoms. The van der Waals surface area contributed by atoms with Crippen molar-refractivity contribution >= 4 is 63.8 Å². The van der Waals surface area contributed by atoms with Crippen LogP contribution in [-0.2, 0) is 4.79 Å². The molecular weight excluding hydrogens is 467 g/mol. The molecule has 0 aliphatic rings. The molecule has 160 valence electrons. The van der Waals surface area contributed by atoms with Gasteiger partial charge in [0.2, 0.25) is 5.91 Å². The summed E-state index contributed by atoms with van der Waals surface area (Å²) in [7, 11) is 0. The summed E-state index contributed by atoms with van der Waals surface area (Å²) >= 11 is 13.5. The highest BCUT2D eigenvalue weighted by Gasteiger charge is 2.09. The van der Waals surface area contributed by atoms with Crippen LogP contribution in [0.5, 0.6) is 0 Å². The molecule has 5 nitrogen and oxygen atoms in total. The van der Waals surface area contributed by atoms with E-state index >= 15 is 0 Å². The van der Waals surface area contributed by atoms with Gasteiger partial charge < -0.3 is 15.1 Å². The molecule has 2 heterocycles. The Labute approximate surface area is 198 Å². The molecule has 0 aliphatic carbocycles. The van der Waals surface area contributed by atoms with Crippen molar-refractivity contribution in [2.75, 3.05) is 10.6 Å². The maximum absolute atomic E-state index is 12.3. The third kappa shape index (κ3) is 5.48. The molecule has 2 aromatic carbocycles. The Morgan fingerprint density at radius 3 is 2.47 bits per heavy atom. The number of nitrogens with one attached hydrogen (secondary N) is 2. The fraction of sp³-hybridized carbons (Fsp3) is 0. The highest BCUT2D eigenvalue weighted by Crippen LogP contribution is 2.31.